The van der Waals surface area contributed by atoms with E-state index >= 15 is 8.78 Å². The minimum absolute atomic E-state index is 0.0716. The first kappa shape index (κ1) is 66.1. The van der Waals surface area contributed by atoms with E-state index in [4.69, 9.17) is 9.47 Å². The topological polar surface area (TPSA) is 24.9 Å². The molecular weight excluding hydrogens is 1310 g/mol. The number of hydrogen-bond donors (Lipinski definition) is 0. The Hall–Kier alpha value is -12.2. The maximum atomic E-state index is 15.4. The molecule has 2 aliphatic carbocycles. The zero-order chi connectivity index (χ0) is 71.9. The van der Waals surface area contributed by atoms with Crippen molar-refractivity contribution < 1.29 is 18.3 Å². The van der Waals surface area contributed by atoms with Gasteiger partial charge in [0.2, 0.25) is 0 Å². The highest BCUT2D eigenvalue weighted by molar-refractivity contribution is 7.25. The van der Waals surface area contributed by atoms with Crippen molar-refractivity contribution in [2.45, 2.75) is 63.2 Å². The number of benzene rings is 14. The standard InChI is InChI=1S/C98H76F2N2O2S/c1-9-63-19-47-79(48-20-63)103-81-51-31-69(32-52-81)97(67-27-23-65(24-28-67)95(3,4)5)89-17-13-11-15-83(89)85-55-43-77(61-91(85)97)101(73-39-35-71(99)36-40-73)75-45-57-93-87(59-75)88-60-76(46-58-94(88)105-93)102(74-41-37-72(100)38-42-74)78-44-56-86-84-16-12-14-18-90(84)98(92(86)62-78,68-29-25-66(26-30-68)96(6,7)8)70-33-53-82(54-34-70)104-80-49-21-64(10-2)22-50-80/h9-62H,1-2H2,3-8H3. The summed E-state index contributed by atoms with van der Waals surface area (Å²) in [5, 5.41) is 2.12. The quantitative estimate of drug-likeness (QED) is 0.0963. The van der Waals surface area contributed by atoms with Crippen LogP contribution in [0.5, 0.6) is 23.0 Å². The molecule has 2 atom stereocenters. The van der Waals surface area contributed by atoms with Crippen LogP contribution >= 0.6 is 11.3 Å². The number of fused-ring (bicyclic) bond motifs is 9. The fraction of sp³-hybridized carbons (Fsp3) is 0.102. The highest BCUT2D eigenvalue weighted by Gasteiger charge is 2.48. The first-order valence-electron chi connectivity index (χ1n) is 35.8. The van der Waals surface area contributed by atoms with Gasteiger partial charge in [0.15, 0.2) is 0 Å². The number of halogens is 2. The maximum absolute atomic E-state index is 15.4. The Balaban J connectivity index is 0.813. The van der Waals surface area contributed by atoms with Gasteiger partial charge >= 0.3 is 0 Å². The number of ether oxygens (including phenoxy) is 2. The van der Waals surface area contributed by atoms with Crippen LogP contribution in [0.15, 0.2) is 329 Å². The summed E-state index contributed by atoms with van der Waals surface area (Å²) in [6.07, 6.45) is 3.66. The number of rotatable bonds is 16. The highest BCUT2D eigenvalue weighted by atomic mass is 32.1. The summed E-state index contributed by atoms with van der Waals surface area (Å²) in [6.45, 7) is 21.4. The lowest BCUT2D eigenvalue weighted by Crippen LogP contribution is -2.29. The van der Waals surface area contributed by atoms with Crippen molar-refractivity contribution in [2.75, 3.05) is 9.80 Å². The Morgan fingerprint density at radius 3 is 0.952 bits per heavy atom. The molecule has 1 aromatic heterocycles. The fourth-order valence-electron chi connectivity index (χ4n) is 16.1. The Morgan fingerprint density at radius 1 is 0.314 bits per heavy atom. The Bertz CT molecular complexity index is 5470. The van der Waals surface area contributed by atoms with Crippen molar-refractivity contribution in [3.8, 4) is 45.3 Å². The van der Waals surface area contributed by atoms with E-state index in [0.717, 1.165) is 144 Å². The van der Waals surface area contributed by atoms with Crippen molar-refractivity contribution in [1.29, 1.82) is 0 Å². The third-order valence-corrected chi connectivity index (χ3v) is 22.5. The lowest BCUT2D eigenvalue weighted by Gasteiger charge is -2.35. The van der Waals surface area contributed by atoms with Gasteiger partial charge in [-0.25, -0.2) is 8.78 Å². The van der Waals surface area contributed by atoms with Crippen LogP contribution < -0.4 is 19.3 Å². The molecule has 1 heterocycles. The molecule has 4 nitrogen and oxygen atoms in total. The van der Waals surface area contributed by atoms with Crippen LogP contribution in [-0.2, 0) is 21.7 Å². The Morgan fingerprint density at radius 2 is 0.610 bits per heavy atom. The molecule has 0 bridgehead atoms. The van der Waals surface area contributed by atoms with E-state index in [1.54, 1.807) is 35.6 Å². The van der Waals surface area contributed by atoms with Crippen LogP contribution in [0, 0.1) is 11.6 Å². The van der Waals surface area contributed by atoms with Gasteiger partial charge in [-0.05, 0) is 258 Å². The normalized spacial score (nSPS) is 15.0. The molecule has 0 fully saturated rings. The molecule has 2 aliphatic rings. The lowest BCUT2D eigenvalue weighted by molar-refractivity contribution is 0.482. The van der Waals surface area contributed by atoms with Gasteiger partial charge in [-0.15, -0.1) is 11.3 Å². The van der Waals surface area contributed by atoms with E-state index in [-0.39, 0.29) is 22.5 Å². The van der Waals surface area contributed by atoms with Crippen molar-refractivity contribution in [2.24, 2.45) is 0 Å². The second kappa shape index (κ2) is 26.0. The molecule has 0 N–H and O–H groups in total. The second-order valence-corrected chi connectivity index (χ2v) is 30.7. The molecule has 105 heavy (non-hydrogen) atoms. The molecule has 17 rings (SSSR count). The summed E-state index contributed by atoms with van der Waals surface area (Å²) in [7, 11) is 0. The summed E-state index contributed by atoms with van der Waals surface area (Å²) >= 11 is 1.75. The summed E-state index contributed by atoms with van der Waals surface area (Å²) < 4.78 is 45.9. The van der Waals surface area contributed by atoms with E-state index in [2.05, 4.69) is 283 Å². The Labute approximate surface area is 617 Å². The molecule has 2 unspecified atom stereocenters. The van der Waals surface area contributed by atoms with Crippen LogP contribution in [0.25, 0.3) is 54.6 Å². The molecule has 7 heteroatoms. The first-order chi connectivity index (χ1) is 51.0. The second-order valence-electron chi connectivity index (χ2n) is 29.6. The van der Waals surface area contributed by atoms with Crippen LogP contribution in [-0.4, -0.2) is 0 Å². The van der Waals surface area contributed by atoms with E-state index in [1.165, 1.54) is 22.3 Å². The molecule has 0 amide bonds. The molecule has 0 aliphatic heterocycles. The number of thiophene rings is 1. The number of hydrogen-bond acceptors (Lipinski definition) is 5. The van der Waals surface area contributed by atoms with Crippen LogP contribution in [0.1, 0.15) is 108 Å². The third-order valence-electron chi connectivity index (χ3n) is 21.3. The molecule has 0 saturated carbocycles. The molecule has 0 saturated heterocycles. The van der Waals surface area contributed by atoms with Gasteiger partial charge in [-0.1, -0.05) is 225 Å². The monoisotopic (exact) mass is 1380 g/mol. The third kappa shape index (κ3) is 11.5. The van der Waals surface area contributed by atoms with E-state index in [1.807, 2.05) is 84.9 Å². The lowest BCUT2D eigenvalue weighted by atomic mass is 9.67. The van der Waals surface area contributed by atoms with E-state index in [0.29, 0.717) is 0 Å². The largest absolute Gasteiger partial charge is 0.457 e. The van der Waals surface area contributed by atoms with Crippen molar-refractivity contribution >= 4 is 77.8 Å². The van der Waals surface area contributed by atoms with Gasteiger partial charge in [-0.2, -0.15) is 0 Å². The molecule has 0 radical (unpaired) electrons. The fourth-order valence-corrected chi connectivity index (χ4v) is 17.2. The van der Waals surface area contributed by atoms with Crippen molar-refractivity contribution in [3.05, 3.63) is 407 Å². The van der Waals surface area contributed by atoms with Gasteiger partial charge in [0.05, 0.1) is 10.8 Å². The summed E-state index contributed by atoms with van der Waals surface area (Å²) in [5.41, 5.74) is 21.7. The summed E-state index contributed by atoms with van der Waals surface area (Å²) in [6, 6.07) is 110. The average Bonchev–Trinajstić information content (AvgIpc) is 1.55. The van der Waals surface area contributed by atoms with Gasteiger partial charge in [0, 0.05) is 54.3 Å². The Kier molecular flexibility index (Phi) is 16.3. The number of anilines is 6. The zero-order valence-corrected chi connectivity index (χ0v) is 60.3. The van der Waals surface area contributed by atoms with Gasteiger partial charge in [0.1, 0.15) is 34.6 Å². The summed E-state index contributed by atoms with van der Waals surface area (Å²) in [4.78, 5) is 4.52. The van der Waals surface area contributed by atoms with Gasteiger partial charge < -0.3 is 19.3 Å². The van der Waals surface area contributed by atoms with E-state index in [9.17, 15) is 0 Å². The molecule has 15 aromatic rings. The van der Waals surface area contributed by atoms with Gasteiger partial charge in [0.25, 0.3) is 0 Å². The zero-order valence-electron chi connectivity index (χ0n) is 59.5. The highest BCUT2D eigenvalue weighted by Crippen LogP contribution is 2.60. The minimum atomic E-state index is -0.778. The molecular formula is C98H76F2N2O2S. The first-order valence-corrected chi connectivity index (χ1v) is 36.6. The minimum Gasteiger partial charge on any atom is -0.457 e. The predicted octanol–water partition coefficient (Wildman–Crippen LogP) is 27.5. The van der Waals surface area contributed by atoms with E-state index < -0.39 is 10.8 Å². The predicted molar refractivity (Wildman–Crippen MR) is 434 cm³/mol. The van der Waals surface area contributed by atoms with Gasteiger partial charge in [-0.3, -0.25) is 0 Å². The number of nitrogens with zero attached hydrogens (tertiary/aromatic N) is 2. The van der Waals surface area contributed by atoms with Crippen molar-refractivity contribution in [3.63, 3.8) is 0 Å². The van der Waals surface area contributed by atoms with Crippen LogP contribution in [0.3, 0.4) is 0 Å². The summed E-state index contributed by atoms with van der Waals surface area (Å²) in [5.74, 6) is 2.29. The maximum Gasteiger partial charge on any atom is 0.127 e. The smallest absolute Gasteiger partial charge is 0.127 e. The molecule has 510 valence electrons. The molecule has 0 spiro atoms. The van der Waals surface area contributed by atoms with Crippen LogP contribution in [0.2, 0.25) is 0 Å². The SMILES string of the molecule is C=Cc1ccc(Oc2ccc(C3(c4ccc(C(C)(C)C)cc4)c4ccccc4-c4ccc(N(c5ccc(F)cc5)c5ccc6sc7ccc(N(c8ccc(F)cc8)c8ccc9c(c8)C(c8ccc(Oc%10ccc(C=C)cc%10)cc8)(c8ccc(C(C)(C)C)cc8)c8ccccc8-9)cc7c6c5)cc43)cc2)cc1. The average molecular weight is 1380 g/mol. The molecule has 14 aromatic carbocycles. The van der Waals surface area contributed by atoms with Crippen molar-refractivity contribution in [1.82, 2.24) is 0 Å². The van der Waals surface area contributed by atoms with Crippen LogP contribution in [0.4, 0.5) is 42.9 Å².